The van der Waals surface area contributed by atoms with E-state index in [0.717, 1.165) is 45.2 Å². The molecule has 174 valence electrons. The van der Waals surface area contributed by atoms with E-state index < -0.39 is 0 Å². The Kier molecular flexibility index (Phi) is 6.13. The molecule has 33 heavy (non-hydrogen) atoms. The number of furan rings is 1. The highest BCUT2D eigenvalue weighted by atomic mass is 16.3. The SMILES string of the molecule is Cc1occc1C(=O)N(C)C(Cc1ccccc1)C1CCN(C(=O)[C@H]2C[C@@H]3C=C[C@H]2C3)CC1. The third-order valence-corrected chi connectivity index (χ3v) is 8.19. The van der Waals surface area contributed by atoms with Gasteiger partial charge < -0.3 is 14.2 Å². The number of likely N-dealkylation sites (N-methyl/N-ethyl adjacent to an activating group) is 1. The maximum Gasteiger partial charge on any atom is 0.257 e. The molecule has 2 heterocycles. The Bertz CT molecular complexity index is 1020. The first kappa shape index (κ1) is 22.0. The minimum atomic E-state index is 0.00875. The Labute approximate surface area is 196 Å². The first-order valence-corrected chi connectivity index (χ1v) is 12.3. The molecule has 5 heteroatoms. The molecule has 2 fully saturated rings. The lowest BCUT2D eigenvalue weighted by molar-refractivity contribution is -0.138. The van der Waals surface area contributed by atoms with Crippen LogP contribution in [0.25, 0.3) is 0 Å². The lowest BCUT2D eigenvalue weighted by Crippen LogP contribution is -2.49. The van der Waals surface area contributed by atoms with E-state index in [-0.39, 0.29) is 17.9 Å². The summed E-state index contributed by atoms with van der Waals surface area (Å²) in [6, 6.07) is 12.2. The number of rotatable bonds is 6. The predicted molar refractivity (Wildman–Crippen MR) is 128 cm³/mol. The minimum Gasteiger partial charge on any atom is -0.469 e. The van der Waals surface area contributed by atoms with Crippen molar-refractivity contribution in [1.29, 1.82) is 0 Å². The van der Waals surface area contributed by atoms with Crippen LogP contribution < -0.4 is 0 Å². The summed E-state index contributed by atoms with van der Waals surface area (Å²) in [6.45, 7) is 3.42. The Balaban J connectivity index is 1.28. The van der Waals surface area contributed by atoms with Gasteiger partial charge in [0.25, 0.3) is 5.91 Å². The van der Waals surface area contributed by atoms with E-state index in [1.54, 1.807) is 12.3 Å². The molecule has 2 amide bonds. The molecular formula is C28H34N2O3. The molecule has 5 rings (SSSR count). The largest absolute Gasteiger partial charge is 0.469 e. The average molecular weight is 447 g/mol. The molecule has 2 aromatic rings. The van der Waals surface area contributed by atoms with Crippen molar-refractivity contribution in [1.82, 2.24) is 9.80 Å². The van der Waals surface area contributed by atoms with Crippen molar-refractivity contribution in [2.75, 3.05) is 20.1 Å². The smallest absolute Gasteiger partial charge is 0.257 e. The van der Waals surface area contributed by atoms with Gasteiger partial charge in [0.15, 0.2) is 0 Å². The van der Waals surface area contributed by atoms with E-state index in [1.165, 1.54) is 5.56 Å². The zero-order valence-corrected chi connectivity index (χ0v) is 19.7. The molecule has 0 N–H and O–H groups in total. The Morgan fingerprint density at radius 3 is 2.45 bits per heavy atom. The van der Waals surface area contributed by atoms with E-state index in [4.69, 9.17) is 4.42 Å². The monoisotopic (exact) mass is 446 g/mol. The van der Waals surface area contributed by atoms with Crippen LogP contribution in [0.3, 0.4) is 0 Å². The van der Waals surface area contributed by atoms with Gasteiger partial charge in [0, 0.05) is 32.1 Å². The summed E-state index contributed by atoms with van der Waals surface area (Å²) in [4.78, 5) is 30.5. The van der Waals surface area contributed by atoms with Crippen LogP contribution in [-0.4, -0.2) is 47.8 Å². The number of amides is 2. The normalized spacial score (nSPS) is 25.4. The molecule has 1 aromatic heterocycles. The second-order valence-corrected chi connectivity index (χ2v) is 10.1. The highest BCUT2D eigenvalue weighted by Crippen LogP contribution is 2.44. The molecule has 5 nitrogen and oxygen atoms in total. The average Bonchev–Trinajstić information content (AvgIpc) is 3.59. The number of piperidine rings is 1. The molecule has 1 saturated heterocycles. The number of carbonyl (C=O) groups excluding carboxylic acids is 2. The maximum absolute atomic E-state index is 13.3. The lowest BCUT2D eigenvalue weighted by atomic mass is 9.84. The number of benzene rings is 1. The van der Waals surface area contributed by atoms with Crippen LogP contribution in [0.15, 0.2) is 59.2 Å². The van der Waals surface area contributed by atoms with Gasteiger partial charge in [-0.1, -0.05) is 42.5 Å². The maximum atomic E-state index is 13.3. The Morgan fingerprint density at radius 1 is 1.09 bits per heavy atom. The van der Waals surface area contributed by atoms with Crippen molar-refractivity contribution in [3.05, 3.63) is 71.7 Å². The summed E-state index contributed by atoms with van der Waals surface area (Å²) in [6.07, 6.45) is 11.0. The van der Waals surface area contributed by atoms with E-state index in [1.807, 2.05) is 24.9 Å². The number of hydrogen-bond acceptors (Lipinski definition) is 3. The first-order chi connectivity index (χ1) is 16.0. The molecule has 0 radical (unpaired) electrons. The van der Waals surface area contributed by atoms with E-state index in [2.05, 4.69) is 41.3 Å². The summed E-state index contributed by atoms with van der Waals surface area (Å²) < 4.78 is 5.39. The topological polar surface area (TPSA) is 53.8 Å². The molecule has 4 atom stereocenters. The molecule has 1 unspecified atom stereocenters. The van der Waals surface area contributed by atoms with Crippen LogP contribution in [-0.2, 0) is 11.2 Å². The van der Waals surface area contributed by atoms with Crippen LogP contribution in [0.1, 0.15) is 47.4 Å². The van der Waals surface area contributed by atoms with Crippen molar-refractivity contribution in [3.63, 3.8) is 0 Å². The summed E-state index contributed by atoms with van der Waals surface area (Å²) >= 11 is 0. The number of nitrogens with zero attached hydrogens (tertiary/aromatic N) is 2. The molecule has 3 aliphatic rings. The van der Waals surface area contributed by atoms with Crippen LogP contribution in [0.2, 0.25) is 0 Å². The third-order valence-electron chi connectivity index (χ3n) is 8.19. The van der Waals surface area contributed by atoms with Crippen molar-refractivity contribution in [2.45, 2.75) is 45.1 Å². The van der Waals surface area contributed by atoms with Crippen LogP contribution in [0, 0.1) is 30.6 Å². The lowest BCUT2D eigenvalue weighted by Gasteiger charge is -2.41. The van der Waals surface area contributed by atoms with E-state index in [9.17, 15) is 9.59 Å². The third kappa shape index (κ3) is 4.38. The van der Waals surface area contributed by atoms with Crippen molar-refractivity contribution in [2.24, 2.45) is 23.7 Å². The van der Waals surface area contributed by atoms with Crippen LogP contribution in [0.4, 0.5) is 0 Å². The fraction of sp³-hybridized carbons (Fsp3) is 0.500. The highest BCUT2D eigenvalue weighted by Gasteiger charge is 2.42. The number of carbonyl (C=O) groups is 2. The van der Waals surface area contributed by atoms with Gasteiger partial charge in [0.2, 0.25) is 5.91 Å². The van der Waals surface area contributed by atoms with Crippen molar-refractivity contribution in [3.8, 4) is 0 Å². The summed E-state index contributed by atoms with van der Waals surface area (Å²) in [5.74, 6) is 2.62. The first-order valence-electron chi connectivity index (χ1n) is 12.3. The molecule has 1 aliphatic heterocycles. The van der Waals surface area contributed by atoms with Gasteiger partial charge >= 0.3 is 0 Å². The number of allylic oxidation sites excluding steroid dienone is 2. The molecule has 1 saturated carbocycles. The quantitative estimate of drug-likeness (QED) is 0.603. The second-order valence-electron chi connectivity index (χ2n) is 10.1. The minimum absolute atomic E-state index is 0.00875. The van der Waals surface area contributed by atoms with E-state index >= 15 is 0 Å². The van der Waals surface area contributed by atoms with Gasteiger partial charge in [-0.15, -0.1) is 0 Å². The van der Waals surface area contributed by atoms with Gasteiger partial charge in [-0.25, -0.2) is 0 Å². The standard InChI is InChI=1S/C28H34N2O3/c1-19-24(12-15-33-19)27(31)29(2)26(18-20-6-4-3-5-7-20)22-10-13-30(14-11-22)28(32)25-17-21-8-9-23(25)16-21/h3-9,12,15,21-23,25-26H,10-11,13-14,16-18H2,1-2H3/t21-,23+,25+,26?/m1/s1. The number of aryl methyl sites for hydroxylation is 1. The number of hydrogen-bond donors (Lipinski definition) is 0. The second kappa shape index (κ2) is 9.20. The summed E-state index contributed by atoms with van der Waals surface area (Å²) in [7, 11) is 1.92. The molecule has 1 aromatic carbocycles. The number of fused-ring (bicyclic) bond motifs is 2. The van der Waals surface area contributed by atoms with Gasteiger partial charge in [-0.05, 0) is 68.4 Å². The zero-order chi connectivity index (χ0) is 22.9. The molecule has 0 spiro atoms. The van der Waals surface area contributed by atoms with Crippen LogP contribution in [0.5, 0.6) is 0 Å². The molecule has 2 aliphatic carbocycles. The number of likely N-dealkylation sites (tertiary alicyclic amines) is 1. The molecular weight excluding hydrogens is 412 g/mol. The zero-order valence-electron chi connectivity index (χ0n) is 19.7. The Hall–Kier alpha value is -2.82. The highest BCUT2D eigenvalue weighted by molar-refractivity contribution is 5.95. The van der Waals surface area contributed by atoms with Gasteiger partial charge in [0.1, 0.15) is 5.76 Å². The van der Waals surface area contributed by atoms with E-state index in [0.29, 0.717) is 35.0 Å². The van der Waals surface area contributed by atoms with Gasteiger partial charge in [-0.3, -0.25) is 9.59 Å². The van der Waals surface area contributed by atoms with Crippen molar-refractivity contribution >= 4 is 11.8 Å². The summed E-state index contributed by atoms with van der Waals surface area (Å²) in [5, 5.41) is 0. The fourth-order valence-electron chi connectivity index (χ4n) is 6.23. The Morgan fingerprint density at radius 2 is 1.85 bits per heavy atom. The van der Waals surface area contributed by atoms with Crippen LogP contribution >= 0.6 is 0 Å². The predicted octanol–water partition coefficient (Wildman–Crippen LogP) is 4.72. The molecule has 2 bridgehead atoms. The van der Waals surface area contributed by atoms with Gasteiger partial charge in [-0.2, -0.15) is 0 Å². The fourth-order valence-corrected chi connectivity index (χ4v) is 6.23. The van der Waals surface area contributed by atoms with Gasteiger partial charge in [0.05, 0.1) is 11.8 Å². The van der Waals surface area contributed by atoms with Crippen molar-refractivity contribution < 1.29 is 14.0 Å². The summed E-state index contributed by atoms with van der Waals surface area (Å²) in [5.41, 5.74) is 1.87.